The Hall–Kier alpha value is -2.13. The van der Waals surface area contributed by atoms with Crippen molar-refractivity contribution in [1.29, 1.82) is 0 Å². The minimum Gasteiger partial charge on any atom is -0.497 e. The number of piperazine rings is 1. The van der Waals surface area contributed by atoms with Crippen molar-refractivity contribution in [3.05, 3.63) is 59.1 Å². The van der Waals surface area contributed by atoms with Crippen LogP contribution >= 0.6 is 11.6 Å². The molecule has 0 atom stereocenters. The second-order valence-corrected chi connectivity index (χ2v) is 9.13. The third kappa shape index (κ3) is 5.70. The normalized spacial score (nSPS) is 15.8. The van der Waals surface area contributed by atoms with Crippen molar-refractivity contribution in [3.63, 3.8) is 0 Å². The van der Waals surface area contributed by atoms with E-state index in [1.807, 2.05) is 17.0 Å². The zero-order valence-electron chi connectivity index (χ0n) is 16.2. The van der Waals surface area contributed by atoms with Crippen molar-refractivity contribution in [1.82, 2.24) is 14.5 Å². The third-order valence-corrected chi connectivity index (χ3v) is 6.96. The van der Waals surface area contributed by atoms with E-state index in [0.717, 1.165) is 5.56 Å². The first-order chi connectivity index (χ1) is 13.9. The standard InChI is InChI=1S/C20H24ClN3O4S/c1-28-18-6-8-19(9-7-18)29(26,27)24-12-10-23(11-13-24)15-20(25)22-14-16-2-4-17(21)5-3-16/h2-9H,10-15H2,1H3,(H,22,25). The monoisotopic (exact) mass is 437 g/mol. The molecule has 1 fully saturated rings. The molecule has 29 heavy (non-hydrogen) atoms. The molecule has 1 amide bonds. The molecule has 2 aromatic carbocycles. The molecule has 3 rings (SSSR count). The van der Waals surface area contributed by atoms with E-state index in [4.69, 9.17) is 16.3 Å². The van der Waals surface area contributed by atoms with E-state index >= 15 is 0 Å². The fourth-order valence-electron chi connectivity index (χ4n) is 3.09. The van der Waals surface area contributed by atoms with Crippen LogP contribution in [0.2, 0.25) is 5.02 Å². The van der Waals surface area contributed by atoms with E-state index < -0.39 is 10.0 Å². The van der Waals surface area contributed by atoms with E-state index in [9.17, 15) is 13.2 Å². The lowest BCUT2D eigenvalue weighted by Crippen LogP contribution is -2.50. The minimum absolute atomic E-state index is 0.0913. The highest BCUT2D eigenvalue weighted by Gasteiger charge is 2.29. The number of halogens is 1. The van der Waals surface area contributed by atoms with Crippen molar-refractivity contribution in [3.8, 4) is 5.75 Å². The molecule has 0 unspecified atom stereocenters. The number of carbonyl (C=O) groups is 1. The van der Waals surface area contributed by atoms with Crippen molar-refractivity contribution in [2.45, 2.75) is 11.4 Å². The number of nitrogens with zero attached hydrogens (tertiary/aromatic N) is 2. The Labute approximate surface area is 176 Å². The van der Waals surface area contributed by atoms with Gasteiger partial charge in [-0.25, -0.2) is 8.42 Å². The molecule has 1 aliphatic heterocycles. The van der Waals surface area contributed by atoms with Gasteiger partial charge in [-0.2, -0.15) is 4.31 Å². The number of methoxy groups -OCH3 is 1. The van der Waals surface area contributed by atoms with Crippen LogP contribution in [0.1, 0.15) is 5.56 Å². The lowest BCUT2D eigenvalue weighted by atomic mass is 10.2. The Balaban J connectivity index is 1.47. The average molecular weight is 438 g/mol. The van der Waals surface area contributed by atoms with Gasteiger partial charge in [-0.15, -0.1) is 0 Å². The lowest BCUT2D eigenvalue weighted by Gasteiger charge is -2.33. The maximum absolute atomic E-state index is 12.8. The van der Waals surface area contributed by atoms with Crippen LogP contribution in [0.3, 0.4) is 0 Å². The summed E-state index contributed by atoms with van der Waals surface area (Å²) in [7, 11) is -2.01. The van der Waals surface area contributed by atoms with E-state index in [-0.39, 0.29) is 17.3 Å². The highest BCUT2D eigenvalue weighted by Crippen LogP contribution is 2.20. The van der Waals surface area contributed by atoms with Crippen LogP contribution in [0.25, 0.3) is 0 Å². The molecule has 1 N–H and O–H groups in total. The van der Waals surface area contributed by atoms with Crippen molar-refractivity contribution in [2.24, 2.45) is 0 Å². The first kappa shape index (κ1) is 21.6. The lowest BCUT2D eigenvalue weighted by molar-refractivity contribution is -0.122. The minimum atomic E-state index is -3.55. The molecule has 0 aromatic heterocycles. The molecule has 2 aromatic rings. The molecular weight excluding hydrogens is 414 g/mol. The van der Waals surface area contributed by atoms with Gasteiger partial charge in [-0.3, -0.25) is 9.69 Å². The molecule has 156 valence electrons. The number of sulfonamides is 1. The number of amides is 1. The van der Waals surface area contributed by atoms with E-state index in [2.05, 4.69) is 5.32 Å². The first-order valence-corrected chi connectivity index (χ1v) is 11.1. The van der Waals surface area contributed by atoms with Gasteiger partial charge in [0.2, 0.25) is 15.9 Å². The second-order valence-electron chi connectivity index (χ2n) is 6.76. The SMILES string of the molecule is COc1ccc(S(=O)(=O)N2CCN(CC(=O)NCc3ccc(Cl)cc3)CC2)cc1. The number of carbonyl (C=O) groups excluding carboxylic acids is 1. The van der Waals surface area contributed by atoms with Crippen LogP contribution in [-0.4, -0.2) is 63.4 Å². The van der Waals surface area contributed by atoms with Gasteiger partial charge in [0, 0.05) is 37.7 Å². The Bertz CT molecular complexity index is 925. The molecular formula is C20H24ClN3O4S. The zero-order chi connectivity index (χ0) is 20.9. The van der Waals surface area contributed by atoms with Crippen LogP contribution < -0.4 is 10.1 Å². The number of ether oxygens (including phenoxy) is 1. The van der Waals surface area contributed by atoms with E-state index in [1.165, 1.54) is 11.4 Å². The third-order valence-electron chi connectivity index (χ3n) is 4.80. The summed E-state index contributed by atoms with van der Waals surface area (Å²) in [5, 5.41) is 3.53. The number of nitrogens with one attached hydrogen (secondary N) is 1. The highest BCUT2D eigenvalue weighted by molar-refractivity contribution is 7.89. The molecule has 0 bridgehead atoms. The molecule has 0 saturated carbocycles. The molecule has 0 spiro atoms. The predicted molar refractivity (Wildman–Crippen MR) is 111 cm³/mol. The van der Waals surface area contributed by atoms with Gasteiger partial charge < -0.3 is 10.1 Å². The van der Waals surface area contributed by atoms with Crippen LogP contribution in [-0.2, 0) is 21.4 Å². The molecule has 9 heteroatoms. The van der Waals surface area contributed by atoms with Gasteiger partial charge in [-0.1, -0.05) is 23.7 Å². The van der Waals surface area contributed by atoms with Gasteiger partial charge in [0.05, 0.1) is 18.6 Å². The molecule has 0 radical (unpaired) electrons. The number of benzene rings is 2. The maximum Gasteiger partial charge on any atom is 0.243 e. The molecule has 1 aliphatic rings. The smallest absolute Gasteiger partial charge is 0.243 e. The zero-order valence-corrected chi connectivity index (χ0v) is 17.7. The number of hydrogen-bond donors (Lipinski definition) is 1. The largest absolute Gasteiger partial charge is 0.497 e. The van der Waals surface area contributed by atoms with Gasteiger partial charge in [0.15, 0.2) is 0 Å². The fourth-order valence-corrected chi connectivity index (χ4v) is 4.63. The maximum atomic E-state index is 12.8. The molecule has 1 saturated heterocycles. The topological polar surface area (TPSA) is 79.0 Å². The van der Waals surface area contributed by atoms with Crippen LogP contribution in [0.5, 0.6) is 5.75 Å². The number of hydrogen-bond acceptors (Lipinski definition) is 5. The van der Waals surface area contributed by atoms with Crippen LogP contribution in [0.4, 0.5) is 0 Å². The van der Waals surface area contributed by atoms with Crippen molar-refractivity contribution >= 4 is 27.5 Å². The summed E-state index contributed by atoms with van der Waals surface area (Å²) < 4.78 is 32.1. The van der Waals surface area contributed by atoms with E-state index in [0.29, 0.717) is 43.5 Å². The Morgan fingerprint density at radius 3 is 2.24 bits per heavy atom. The summed E-state index contributed by atoms with van der Waals surface area (Å²) in [6, 6.07) is 13.7. The number of rotatable bonds is 7. The summed E-state index contributed by atoms with van der Waals surface area (Å²) in [6.45, 7) is 2.37. The molecule has 0 aliphatic carbocycles. The van der Waals surface area contributed by atoms with Gasteiger partial charge in [-0.05, 0) is 42.0 Å². The quantitative estimate of drug-likeness (QED) is 0.716. The summed E-state index contributed by atoms with van der Waals surface area (Å²) >= 11 is 5.85. The Morgan fingerprint density at radius 2 is 1.66 bits per heavy atom. The fraction of sp³-hybridized carbons (Fsp3) is 0.350. The summed E-state index contributed by atoms with van der Waals surface area (Å²) in [5.74, 6) is 0.518. The van der Waals surface area contributed by atoms with Gasteiger partial charge in [0.1, 0.15) is 5.75 Å². The summed E-state index contributed by atoms with van der Waals surface area (Å²) in [6.07, 6.45) is 0. The van der Waals surface area contributed by atoms with Crippen LogP contribution in [0.15, 0.2) is 53.4 Å². The predicted octanol–water partition coefficient (Wildman–Crippen LogP) is 1.97. The van der Waals surface area contributed by atoms with E-state index in [1.54, 1.807) is 36.4 Å². The van der Waals surface area contributed by atoms with Crippen molar-refractivity contribution < 1.29 is 17.9 Å². The average Bonchev–Trinajstić information content (AvgIpc) is 2.74. The van der Waals surface area contributed by atoms with Gasteiger partial charge in [0.25, 0.3) is 0 Å². The van der Waals surface area contributed by atoms with Crippen molar-refractivity contribution in [2.75, 3.05) is 39.8 Å². The van der Waals surface area contributed by atoms with Gasteiger partial charge >= 0.3 is 0 Å². The summed E-state index contributed by atoms with van der Waals surface area (Å²) in [4.78, 5) is 14.4. The Kier molecular flexibility index (Phi) is 7.13. The molecule has 1 heterocycles. The molecule has 7 nitrogen and oxygen atoms in total. The first-order valence-electron chi connectivity index (χ1n) is 9.26. The Morgan fingerprint density at radius 1 is 1.03 bits per heavy atom. The summed E-state index contributed by atoms with van der Waals surface area (Å²) in [5.41, 5.74) is 0.971. The highest BCUT2D eigenvalue weighted by atomic mass is 35.5. The second kappa shape index (κ2) is 9.58. The van der Waals surface area contributed by atoms with Crippen LogP contribution in [0, 0.1) is 0 Å².